The van der Waals surface area contributed by atoms with Gasteiger partial charge >= 0.3 is 0 Å². The van der Waals surface area contributed by atoms with E-state index in [2.05, 4.69) is 54.6 Å². The number of benzene rings is 1. The van der Waals surface area contributed by atoms with E-state index in [0.717, 1.165) is 18.8 Å². The van der Waals surface area contributed by atoms with Gasteiger partial charge in [-0.25, -0.2) is 4.98 Å². The molecule has 0 saturated heterocycles. The summed E-state index contributed by atoms with van der Waals surface area (Å²) in [4.78, 5) is 4.43. The fourth-order valence-corrected chi connectivity index (χ4v) is 3.02. The summed E-state index contributed by atoms with van der Waals surface area (Å²) >= 11 is 0. The predicted octanol–water partition coefficient (Wildman–Crippen LogP) is 4.04. The molecule has 2 nitrogen and oxygen atoms in total. The Bertz CT molecular complexity index is 563. The van der Waals surface area contributed by atoms with Gasteiger partial charge in [0.25, 0.3) is 0 Å². The Kier molecular flexibility index (Phi) is 3.17. The van der Waals surface area contributed by atoms with Crippen LogP contribution in [0.2, 0.25) is 0 Å². The van der Waals surface area contributed by atoms with Gasteiger partial charge in [-0.15, -0.1) is 0 Å². The topological polar surface area (TPSA) is 17.8 Å². The van der Waals surface area contributed by atoms with Crippen LogP contribution in [0.15, 0.2) is 30.5 Å². The van der Waals surface area contributed by atoms with Crippen molar-refractivity contribution in [2.75, 3.05) is 0 Å². The van der Waals surface area contributed by atoms with Crippen molar-refractivity contribution >= 4 is 0 Å². The van der Waals surface area contributed by atoms with Crippen LogP contribution in [-0.4, -0.2) is 9.55 Å². The van der Waals surface area contributed by atoms with Gasteiger partial charge in [-0.3, -0.25) is 0 Å². The molecular formula is C17H22N2. The van der Waals surface area contributed by atoms with Gasteiger partial charge in [0.05, 0.1) is 0 Å². The second kappa shape index (κ2) is 4.84. The lowest BCUT2D eigenvalue weighted by Gasteiger charge is -2.25. The molecule has 1 aromatic carbocycles. The third kappa shape index (κ3) is 2.32. The van der Waals surface area contributed by atoms with Gasteiger partial charge in [0.15, 0.2) is 0 Å². The minimum Gasteiger partial charge on any atom is -0.332 e. The van der Waals surface area contributed by atoms with Gasteiger partial charge in [0, 0.05) is 24.4 Å². The first-order valence-electron chi connectivity index (χ1n) is 7.26. The Morgan fingerprint density at radius 2 is 1.95 bits per heavy atom. The molecule has 2 aromatic rings. The van der Waals surface area contributed by atoms with Crippen molar-refractivity contribution in [1.29, 1.82) is 0 Å². The predicted molar refractivity (Wildman–Crippen MR) is 78.6 cm³/mol. The largest absolute Gasteiger partial charge is 0.332 e. The highest BCUT2D eigenvalue weighted by Crippen LogP contribution is 2.30. The summed E-state index contributed by atoms with van der Waals surface area (Å²) in [5.41, 5.74) is 4.30. The number of rotatable bonds is 2. The summed E-state index contributed by atoms with van der Waals surface area (Å²) in [6.45, 7) is 7.68. The molecule has 100 valence electrons. The minimum atomic E-state index is 0.614. The smallest absolute Gasteiger partial charge is 0.105 e. The third-order valence-corrected chi connectivity index (χ3v) is 4.36. The first-order valence-corrected chi connectivity index (χ1v) is 7.26. The molecule has 2 heteroatoms. The van der Waals surface area contributed by atoms with Crippen LogP contribution in [0.25, 0.3) is 0 Å². The molecule has 3 rings (SSSR count). The summed E-state index contributed by atoms with van der Waals surface area (Å²) in [7, 11) is 0. The molecule has 1 atom stereocenters. The SMILES string of the molecule is Cc1ncc2n1CC(c1ccc(C(C)C)cc1)CC2. The van der Waals surface area contributed by atoms with E-state index < -0.39 is 0 Å². The van der Waals surface area contributed by atoms with E-state index in [1.165, 1.54) is 23.2 Å². The molecule has 19 heavy (non-hydrogen) atoms. The van der Waals surface area contributed by atoms with E-state index >= 15 is 0 Å². The fraction of sp³-hybridized carbons (Fsp3) is 0.471. The highest BCUT2D eigenvalue weighted by Gasteiger charge is 2.21. The molecule has 2 heterocycles. The van der Waals surface area contributed by atoms with E-state index in [1.807, 2.05) is 6.20 Å². The molecule has 0 fully saturated rings. The normalized spacial score (nSPS) is 18.6. The quantitative estimate of drug-likeness (QED) is 0.790. The van der Waals surface area contributed by atoms with Crippen molar-refractivity contribution in [1.82, 2.24) is 9.55 Å². The molecule has 0 aliphatic carbocycles. The van der Waals surface area contributed by atoms with E-state index in [0.29, 0.717) is 11.8 Å². The molecule has 1 aromatic heterocycles. The Balaban J connectivity index is 1.82. The van der Waals surface area contributed by atoms with Crippen molar-refractivity contribution in [2.24, 2.45) is 0 Å². The number of aromatic nitrogens is 2. The molecule has 0 N–H and O–H groups in total. The zero-order valence-electron chi connectivity index (χ0n) is 12.1. The average Bonchev–Trinajstić information content (AvgIpc) is 2.80. The number of fused-ring (bicyclic) bond motifs is 1. The molecule has 0 spiro atoms. The summed E-state index contributed by atoms with van der Waals surface area (Å²) < 4.78 is 2.38. The van der Waals surface area contributed by atoms with Gasteiger partial charge in [0.1, 0.15) is 5.82 Å². The van der Waals surface area contributed by atoms with Crippen molar-refractivity contribution in [3.63, 3.8) is 0 Å². The molecule has 1 aliphatic rings. The van der Waals surface area contributed by atoms with Crippen LogP contribution in [0.5, 0.6) is 0 Å². The van der Waals surface area contributed by atoms with Crippen molar-refractivity contribution in [3.8, 4) is 0 Å². The number of nitrogens with zero attached hydrogens (tertiary/aromatic N) is 2. The van der Waals surface area contributed by atoms with Gasteiger partial charge in [-0.05, 0) is 36.8 Å². The van der Waals surface area contributed by atoms with Crippen LogP contribution in [0.3, 0.4) is 0 Å². The summed E-state index contributed by atoms with van der Waals surface area (Å²) in [6, 6.07) is 9.21. The van der Waals surface area contributed by atoms with Crippen LogP contribution >= 0.6 is 0 Å². The van der Waals surface area contributed by atoms with Crippen molar-refractivity contribution in [2.45, 2.75) is 52.0 Å². The summed E-state index contributed by atoms with van der Waals surface area (Å²) in [6.07, 6.45) is 4.43. The van der Waals surface area contributed by atoms with E-state index in [9.17, 15) is 0 Å². The molecule has 0 bridgehead atoms. The monoisotopic (exact) mass is 254 g/mol. The van der Waals surface area contributed by atoms with Crippen molar-refractivity contribution < 1.29 is 0 Å². The van der Waals surface area contributed by atoms with Crippen LogP contribution in [-0.2, 0) is 13.0 Å². The lowest BCUT2D eigenvalue weighted by Crippen LogP contribution is -2.19. The average molecular weight is 254 g/mol. The van der Waals surface area contributed by atoms with Gasteiger partial charge in [-0.2, -0.15) is 0 Å². The van der Waals surface area contributed by atoms with Crippen molar-refractivity contribution in [3.05, 3.63) is 53.1 Å². The highest BCUT2D eigenvalue weighted by atomic mass is 15.1. The van der Waals surface area contributed by atoms with E-state index in [-0.39, 0.29) is 0 Å². The summed E-state index contributed by atoms with van der Waals surface area (Å²) in [5.74, 6) is 2.41. The van der Waals surface area contributed by atoms with E-state index in [1.54, 1.807) is 0 Å². The Morgan fingerprint density at radius 3 is 2.63 bits per heavy atom. The van der Waals surface area contributed by atoms with E-state index in [4.69, 9.17) is 0 Å². The fourth-order valence-electron chi connectivity index (χ4n) is 3.02. The molecule has 0 saturated carbocycles. The number of imidazole rings is 1. The second-order valence-electron chi connectivity index (χ2n) is 5.96. The van der Waals surface area contributed by atoms with Crippen LogP contribution in [0, 0.1) is 6.92 Å². The molecule has 0 radical (unpaired) electrons. The Morgan fingerprint density at radius 1 is 1.21 bits per heavy atom. The number of hydrogen-bond donors (Lipinski definition) is 0. The second-order valence-corrected chi connectivity index (χ2v) is 5.96. The first kappa shape index (κ1) is 12.5. The Hall–Kier alpha value is -1.57. The number of hydrogen-bond acceptors (Lipinski definition) is 1. The van der Waals surface area contributed by atoms with Gasteiger partial charge in [0.2, 0.25) is 0 Å². The lowest BCUT2D eigenvalue weighted by atomic mass is 9.89. The maximum absolute atomic E-state index is 4.43. The maximum Gasteiger partial charge on any atom is 0.105 e. The molecular weight excluding hydrogens is 232 g/mol. The zero-order valence-corrected chi connectivity index (χ0v) is 12.1. The minimum absolute atomic E-state index is 0.614. The third-order valence-electron chi connectivity index (χ3n) is 4.36. The standard InChI is InChI=1S/C17H22N2/c1-12(2)14-4-6-15(7-5-14)16-8-9-17-10-18-13(3)19(17)11-16/h4-7,10,12,16H,8-9,11H2,1-3H3. The first-order chi connectivity index (χ1) is 9.15. The molecule has 1 aliphatic heterocycles. The van der Waals surface area contributed by atoms with Crippen LogP contribution < -0.4 is 0 Å². The summed E-state index contributed by atoms with van der Waals surface area (Å²) in [5, 5.41) is 0. The molecule has 0 amide bonds. The Labute approximate surface area is 115 Å². The molecule has 1 unspecified atom stereocenters. The van der Waals surface area contributed by atoms with Crippen LogP contribution in [0.4, 0.5) is 0 Å². The number of aryl methyl sites for hydroxylation is 2. The highest BCUT2D eigenvalue weighted by molar-refractivity contribution is 5.28. The van der Waals surface area contributed by atoms with Crippen LogP contribution in [0.1, 0.15) is 54.7 Å². The van der Waals surface area contributed by atoms with Gasteiger partial charge < -0.3 is 4.57 Å². The van der Waals surface area contributed by atoms with Gasteiger partial charge in [-0.1, -0.05) is 38.1 Å². The zero-order chi connectivity index (χ0) is 13.4. The maximum atomic E-state index is 4.43. The lowest BCUT2D eigenvalue weighted by molar-refractivity contribution is 0.456.